The fourth-order valence-electron chi connectivity index (χ4n) is 4.18. The molecule has 0 aliphatic carbocycles. The first kappa shape index (κ1) is 27.4. The molecule has 0 spiro atoms. The third kappa shape index (κ3) is 7.59. The van der Waals surface area contributed by atoms with Crippen molar-refractivity contribution in [1.29, 1.82) is 0 Å². The fraction of sp³-hybridized carbons (Fsp3) is 0.654. The summed E-state index contributed by atoms with van der Waals surface area (Å²) >= 11 is 1.56. The molecule has 0 aromatic carbocycles. The average Bonchev–Trinajstić information content (AvgIpc) is 3.16. The number of ether oxygens (including phenoxy) is 1. The van der Waals surface area contributed by atoms with Crippen LogP contribution in [0.25, 0.3) is 6.08 Å². The minimum atomic E-state index is -1.21. The Bertz CT molecular complexity index is 872. The van der Waals surface area contributed by atoms with Crippen LogP contribution in [0.4, 0.5) is 0 Å². The Labute approximate surface area is 201 Å². The van der Waals surface area contributed by atoms with Gasteiger partial charge in [0.1, 0.15) is 11.9 Å². The number of esters is 1. The molecule has 2 heterocycles. The topological polar surface area (TPSA) is 96.7 Å². The van der Waals surface area contributed by atoms with Crippen molar-refractivity contribution in [3.05, 3.63) is 33.8 Å². The first-order valence-electron chi connectivity index (χ1n) is 11.8. The van der Waals surface area contributed by atoms with Gasteiger partial charge in [-0.15, -0.1) is 11.3 Å². The summed E-state index contributed by atoms with van der Waals surface area (Å²) in [5.74, 6) is -1.48. The van der Waals surface area contributed by atoms with E-state index < -0.39 is 35.6 Å². The van der Waals surface area contributed by atoms with Crippen LogP contribution in [0, 0.1) is 24.2 Å². The number of thiazole rings is 1. The Morgan fingerprint density at radius 2 is 1.94 bits per heavy atom. The van der Waals surface area contributed by atoms with Crippen molar-refractivity contribution in [2.45, 2.75) is 92.0 Å². The largest absolute Gasteiger partial charge is 0.457 e. The Kier molecular flexibility index (Phi) is 10.0. The number of hydrogen-bond donors (Lipinski definition) is 2. The predicted molar refractivity (Wildman–Crippen MR) is 132 cm³/mol. The van der Waals surface area contributed by atoms with Crippen LogP contribution in [0.5, 0.6) is 0 Å². The van der Waals surface area contributed by atoms with E-state index in [2.05, 4.69) is 11.1 Å². The van der Waals surface area contributed by atoms with Gasteiger partial charge < -0.3 is 14.9 Å². The van der Waals surface area contributed by atoms with Crippen LogP contribution in [0.1, 0.15) is 77.4 Å². The van der Waals surface area contributed by atoms with E-state index in [0.717, 1.165) is 35.5 Å². The van der Waals surface area contributed by atoms with Crippen molar-refractivity contribution in [2.75, 3.05) is 0 Å². The van der Waals surface area contributed by atoms with E-state index in [1.54, 1.807) is 32.1 Å². The van der Waals surface area contributed by atoms with E-state index >= 15 is 0 Å². The highest BCUT2D eigenvalue weighted by Gasteiger charge is 2.42. The quantitative estimate of drug-likeness (QED) is 0.466. The Morgan fingerprint density at radius 1 is 1.24 bits per heavy atom. The molecule has 2 rings (SSSR count). The number of ketones is 1. The molecule has 184 valence electrons. The lowest BCUT2D eigenvalue weighted by Crippen LogP contribution is -2.45. The summed E-state index contributed by atoms with van der Waals surface area (Å²) in [6, 6.07) is 0. The van der Waals surface area contributed by atoms with E-state index in [1.807, 2.05) is 38.3 Å². The molecule has 1 aromatic heterocycles. The second kappa shape index (κ2) is 12.0. The van der Waals surface area contributed by atoms with Gasteiger partial charge in [-0.25, -0.2) is 4.98 Å². The molecule has 1 aromatic rings. The summed E-state index contributed by atoms with van der Waals surface area (Å²) in [5, 5.41) is 24.4. The second-order valence-electron chi connectivity index (χ2n) is 9.86. The summed E-state index contributed by atoms with van der Waals surface area (Å²) in [4.78, 5) is 30.3. The monoisotopic (exact) mass is 477 g/mol. The SMILES string of the molecule is C/C(=C\c1csc(C)n1)[C@@H]1C/C=C\CCC[C@H](C)[C@@H](O)[C@H](C)C(=O)C(C)(C)[C@H](O)CC(=O)O1. The molecule has 0 amide bonds. The van der Waals surface area contributed by atoms with Crippen LogP contribution in [-0.2, 0) is 14.3 Å². The molecule has 5 atom stereocenters. The maximum absolute atomic E-state index is 13.1. The molecule has 0 radical (unpaired) electrons. The van der Waals surface area contributed by atoms with E-state index in [9.17, 15) is 19.8 Å². The summed E-state index contributed by atoms with van der Waals surface area (Å²) in [6.07, 6.45) is 6.28. The molecule has 0 saturated carbocycles. The number of rotatable bonds is 2. The van der Waals surface area contributed by atoms with Gasteiger partial charge in [-0.1, -0.05) is 39.8 Å². The highest BCUT2D eigenvalue weighted by molar-refractivity contribution is 7.09. The van der Waals surface area contributed by atoms with Crippen molar-refractivity contribution in [3.8, 4) is 0 Å². The molecule has 33 heavy (non-hydrogen) atoms. The van der Waals surface area contributed by atoms with Crippen LogP contribution >= 0.6 is 11.3 Å². The minimum Gasteiger partial charge on any atom is -0.457 e. The van der Waals surface area contributed by atoms with Crippen LogP contribution in [0.15, 0.2) is 23.1 Å². The Morgan fingerprint density at radius 3 is 2.58 bits per heavy atom. The lowest BCUT2D eigenvalue weighted by atomic mass is 9.73. The third-order valence-electron chi connectivity index (χ3n) is 6.68. The lowest BCUT2D eigenvalue weighted by molar-refractivity contribution is -0.154. The van der Waals surface area contributed by atoms with Gasteiger partial charge in [0.05, 0.1) is 34.7 Å². The average molecular weight is 478 g/mol. The molecule has 0 unspecified atom stereocenters. The van der Waals surface area contributed by atoms with Crippen LogP contribution < -0.4 is 0 Å². The van der Waals surface area contributed by atoms with Gasteiger partial charge >= 0.3 is 5.97 Å². The Hall–Kier alpha value is -1.83. The number of aliphatic hydroxyl groups is 2. The Balaban J connectivity index is 2.27. The first-order valence-corrected chi connectivity index (χ1v) is 12.7. The maximum atomic E-state index is 13.1. The van der Waals surface area contributed by atoms with Gasteiger partial charge in [0.15, 0.2) is 0 Å². The number of aromatic nitrogens is 1. The zero-order valence-electron chi connectivity index (χ0n) is 20.7. The van der Waals surface area contributed by atoms with Gasteiger partial charge in [0, 0.05) is 17.7 Å². The number of allylic oxidation sites excluding steroid dienone is 1. The molecule has 0 fully saturated rings. The third-order valence-corrected chi connectivity index (χ3v) is 7.47. The van der Waals surface area contributed by atoms with Gasteiger partial charge in [0.2, 0.25) is 0 Å². The van der Waals surface area contributed by atoms with Crippen molar-refractivity contribution >= 4 is 29.2 Å². The van der Waals surface area contributed by atoms with Crippen molar-refractivity contribution < 1.29 is 24.5 Å². The first-order chi connectivity index (χ1) is 15.4. The maximum Gasteiger partial charge on any atom is 0.309 e. The molecule has 1 aliphatic heterocycles. The number of nitrogens with zero attached hydrogens (tertiary/aromatic N) is 1. The molecule has 1 aliphatic rings. The molecule has 7 heteroatoms. The zero-order chi connectivity index (χ0) is 24.8. The highest BCUT2D eigenvalue weighted by atomic mass is 32.1. The summed E-state index contributed by atoms with van der Waals surface area (Å²) in [7, 11) is 0. The number of aliphatic hydroxyl groups excluding tert-OH is 2. The molecule has 0 saturated heterocycles. The number of cyclic esters (lactones) is 1. The van der Waals surface area contributed by atoms with Gasteiger partial charge in [-0.3, -0.25) is 9.59 Å². The number of hydrogen-bond acceptors (Lipinski definition) is 7. The second-order valence-corrected chi connectivity index (χ2v) is 10.9. The van der Waals surface area contributed by atoms with Gasteiger partial charge in [0.25, 0.3) is 0 Å². The molecule has 6 nitrogen and oxygen atoms in total. The van der Waals surface area contributed by atoms with Crippen molar-refractivity contribution in [2.24, 2.45) is 17.3 Å². The number of carbonyl (C=O) groups is 2. The van der Waals surface area contributed by atoms with Crippen molar-refractivity contribution in [3.63, 3.8) is 0 Å². The lowest BCUT2D eigenvalue weighted by Gasteiger charge is -2.34. The predicted octanol–water partition coefficient (Wildman–Crippen LogP) is 4.88. The number of Topliss-reactive ketones (excluding diaryl/α,β-unsaturated/α-hetero) is 1. The molecule has 2 N–H and O–H groups in total. The molecule has 0 bridgehead atoms. The summed E-state index contributed by atoms with van der Waals surface area (Å²) < 4.78 is 5.75. The highest BCUT2D eigenvalue weighted by Crippen LogP contribution is 2.32. The normalized spacial score (nSPS) is 31.8. The summed E-state index contributed by atoms with van der Waals surface area (Å²) in [5.41, 5.74) is 0.513. The fourth-order valence-corrected chi connectivity index (χ4v) is 4.75. The summed E-state index contributed by atoms with van der Waals surface area (Å²) in [6.45, 7) is 10.8. The molecular formula is C26H39NO5S. The van der Waals surface area contributed by atoms with Crippen LogP contribution in [0.3, 0.4) is 0 Å². The number of aryl methyl sites for hydroxylation is 1. The van der Waals surface area contributed by atoms with Gasteiger partial charge in [-0.05, 0) is 50.7 Å². The standard InChI is InChI=1S/C26H39NO5S/c1-16-11-9-7-8-10-12-21(17(2)13-20-15-33-19(4)27-20)32-23(29)14-22(28)26(5,6)25(31)18(3)24(16)30/h8,10,13,15-16,18,21-22,24,28,30H,7,9,11-12,14H2,1-6H3/b10-8-,17-13+/t16-,18-,21-,22+,24+/m0/s1. The van der Waals surface area contributed by atoms with E-state index in [0.29, 0.717) is 6.42 Å². The minimum absolute atomic E-state index is 0.0392. The molecular weight excluding hydrogens is 438 g/mol. The van der Waals surface area contributed by atoms with Crippen molar-refractivity contribution in [1.82, 2.24) is 4.98 Å². The van der Waals surface area contributed by atoms with E-state index in [1.165, 1.54) is 0 Å². The number of carbonyl (C=O) groups excluding carboxylic acids is 2. The van der Waals surface area contributed by atoms with Gasteiger partial charge in [-0.2, -0.15) is 0 Å². The zero-order valence-corrected chi connectivity index (χ0v) is 21.5. The van der Waals surface area contributed by atoms with Crippen LogP contribution in [0.2, 0.25) is 0 Å². The van der Waals surface area contributed by atoms with Crippen LogP contribution in [-0.4, -0.2) is 45.3 Å². The van der Waals surface area contributed by atoms with E-state index in [-0.39, 0.29) is 18.1 Å². The smallest absolute Gasteiger partial charge is 0.309 e. The van der Waals surface area contributed by atoms with E-state index in [4.69, 9.17) is 4.74 Å².